The van der Waals surface area contributed by atoms with Crippen molar-refractivity contribution in [3.8, 4) is 0 Å². The molecule has 0 spiro atoms. The van der Waals surface area contributed by atoms with Crippen LogP contribution in [0, 0.1) is 0 Å². The second-order valence-corrected chi connectivity index (χ2v) is 8.67. The highest BCUT2D eigenvalue weighted by molar-refractivity contribution is 7.89. The van der Waals surface area contributed by atoms with E-state index < -0.39 is 10.0 Å². The largest absolute Gasteiger partial charge is 0.356 e. The maximum atomic E-state index is 12.4. The molecule has 1 aromatic heterocycles. The molecule has 140 valence electrons. The summed E-state index contributed by atoms with van der Waals surface area (Å²) in [6, 6.07) is 1.44. The molecule has 2 N–H and O–H groups in total. The number of amides is 1. The summed E-state index contributed by atoms with van der Waals surface area (Å²) in [4.78, 5) is 19.4. The third kappa shape index (κ3) is 4.83. The van der Waals surface area contributed by atoms with Crippen LogP contribution in [-0.4, -0.2) is 68.4 Å². The van der Waals surface area contributed by atoms with Crippen LogP contribution in [0.25, 0.3) is 0 Å². The minimum atomic E-state index is -3.57. The standard InChI is InChI=1S/C17H28N4O3S/c22-17(21-11-4-5-12-21)16-13-15(14-18-16)25(23,24)19-7-6-10-20-8-2-1-3-9-20/h13-14,18-19H,1-12H2. The molecule has 0 aliphatic carbocycles. The molecule has 1 aromatic rings. The lowest BCUT2D eigenvalue weighted by molar-refractivity contribution is 0.0787. The number of aromatic amines is 1. The van der Waals surface area contributed by atoms with Gasteiger partial charge in [0.05, 0.1) is 0 Å². The van der Waals surface area contributed by atoms with Crippen molar-refractivity contribution in [2.45, 2.75) is 43.4 Å². The van der Waals surface area contributed by atoms with Crippen molar-refractivity contribution < 1.29 is 13.2 Å². The number of likely N-dealkylation sites (tertiary alicyclic amines) is 2. The topological polar surface area (TPSA) is 85.5 Å². The van der Waals surface area contributed by atoms with E-state index in [4.69, 9.17) is 0 Å². The first kappa shape index (κ1) is 18.4. The van der Waals surface area contributed by atoms with E-state index in [2.05, 4.69) is 14.6 Å². The van der Waals surface area contributed by atoms with Gasteiger partial charge in [0.2, 0.25) is 10.0 Å². The number of hydrogen-bond donors (Lipinski definition) is 2. The van der Waals surface area contributed by atoms with Gasteiger partial charge in [-0.25, -0.2) is 13.1 Å². The number of carbonyl (C=O) groups is 1. The molecule has 0 saturated carbocycles. The molecule has 3 heterocycles. The Kier molecular flexibility index (Phi) is 6.14. The highest BCUT2D eigenvalue weighted by atomic mass is 32.2. The van der Waals surface area contributed by atoms with Crippen LogP contribution in [0.5, 0.6) is 0 Å². The van der Waals surface area contributed by atoms with Crippen LogP contribution in [0.2, 0.25) is 0 Å². The van der Waals surface area contributed by atoms with Gasteiger partial charge in [-0.15, -0.1) is 0 Å². The SMILES string of the molecule is O=C(c1cc(S(=O)(=O)NCCCN2CCCCC2)c[nH]1)N1CCCC1. The van der Waals surface area contributed by atoms with Crippen LogP contribution in [0.4, 0.5) is 0 Å². The molecule has 2 aliphatic rings. The second kappa shape index (κ2) is 8.33. The molecule has 2 fully saturated rings. The molecule has 8 heteroatoms. The summed E-state index contributed by atoms with van der Waals surface area (Å²) < 4.78 is 27.4. The van der Waals surface area contributed by atoms with E-state index in [1.807, 2.05) is 0 Å². The van der Waals surface area contributed by atoms with Gasteiger partial charge in [-0.2, -0.15) is 0 Å². The Morgan fingerprint density at radius 3 is 2.48 bits per heavy atom. The van der Waals surface area contributed by atoms with E-state index in [-0.39, 0.29) is 10.8 Å². The fourth-order valence-electron chi connectivity index (χ4n) is 3.52. The number of H-pyrrole nitrogens is 1. The van der Waals surface area contributed by atoms with E-state index in [1.54, 1.807) is 4.90 Å². The first-order valence-electron chi connectivity index (χ1n) is 9.26. The van der Waals surface area contributed by atoms with Gasteiger partial charge in [0.25, 0.3) is 5.91 Å². The van der Waals surface area contributed by atoms with Crippen LogP contribution < -0.4 is 4.72 Å². The van der Waals surface area contributed by atoms with Gasteiger partial charge < -0.3 is 14.8 Å². The number of sulfonamides is 1. The maximum absolute atomic E-state index is 12.4. The number of hydrogen-bond acceptors (Lipinski definition) is 4. The molecule has 2 aliphatic heterocycles. The average Bonchev–Trinajstić information content (AvgIpc) is 3.31. The highest BCUT2D eigenvalue weighted by Gasteiger charge is 2.23. The quantitative estimate of drug-likeness (QED) is 0.713. The smallest absolute Gasteiger partial charge is 0.270 e. The molecule has 3 rings (SSSR count). The van der Waals surface area contributed by atoms with Gasteiger partial charge in [0.15, 0.2) is 0 Å². The Bertz CT molecular complexity index is 674. The Morgan fingerprint density at radius 2 is 1.76 bits per heavy atom. The molecule has 2 saturated heterocycles. The third-order valence-corrected chi connectivity index (χ3v) is 6.42. The summed E-state index contributed by atoms with van der Waals surface area (Å²) >= 11 is 0. The van der Waals surface area contributed by atoms with E-state index in [0.717, 1.165) is 52.0 Å². The average molecular weight is 369 g/mol. The summed E-state index contributed by atoms with van der Waals surface area (Å²) in [6.45, 7) is 5.07. The lowest BCUT2D eigenvalue weighted by Gasteiger charge is -2.26. The van der Waals surface area contributed by atoms with E-state index in [1.165, 1.54) is 31.5 Å². The molecule has 1 amide bonds. The summed E-state index contributed by atoms with van der Waals surface area (Å²) in [5.74, 6) is -0.121. The predicted octanol–water partition coefficient (Wildman–Crippen LogP) is 1.40. The number of aromatic nitrogens is 1. The molecule has 0 unspecified atom stereocenters. The Hall–Kier alpha value is -1.38. The number of nitrogens with zero attached hydrogens (tertiary/aromatic N) is 2. The minimum Gasteiger partial charge on any atom is -0.356 e. The van der Waals surface area contributed by atoms with Crippen molar-refractivity contribution in [1.29, 1.82) is 0 Å². The minimum absolute atomic E-state index is 0.121. The number of rotatable bonds is 7. The Balaban J connectivity index is 1.49. The molecule has 7 nitrogen and oxygen atoms in total. The van der Waals surface area contributed by atoms with Gasteiger partial charge >= 0.3 is 0 Å². The van der Waals surface area contributed by atoms with Crippen LogP contribution in [0.15, 0.2) is 17.2 Å². The fraction of sp³-hybridized carbons (Fsp3) is 0.706. The van der Waals surface area contributed by atoms with Crippen molar-refractivity contribution in [1.82, 2.24) is 19.5 Å². The number of carbonyl (C=O) groups excluding carboxylic acids is 1. The van der Waals surface area contributed by atoms with Crippen LogP contribution in [0.3, 0.4) is 0 Å². The fourth-order valence-corrected chi connectivity index (χ4v) is 4.59. The van der Waals surface area contributed by atoms with Gasteiger partial charge in [0.1, 0.15) is 10.6 Å². The first-order chi connectivity index (χ1) is 12.1. The van der Waals surface area contributed by atoms with Crippen LogP contribution in [-0.2, 0) is 10.0 Å². The van der Waals surface area contributed by atoms with Crippen molar-refractivity contribution >= 4 is 15.9 Å². The molecule has 25 heavy (non-hydrogen) atoms. The summed E-state index contributed by atoms with van der Waals surface area (Å²) in [5.41, 5.74) is 0.343. The molecule has 0 bridgehead atoms. The zero-order chi connectivity index (χ0) is 17.7. The normalized spacial score (nSPS) is 19.4. The second-order valence-electron chi connectivity index (χ2n) is 6.90. The van der Waals surface area contributed by atoms with Crippen LogP contribution >= 0.6 is 0 Å². The van der Waals surface area contributed by atoms with Crippen LogP contribution in [0.1, 0.15) is 49.0 Å². The maximum Gasteiger partial charge on any atom is 0.270 e. The zero-order valence-electron chi connectivity index (χ0n) is 14.7. The molecular weight excluding hydrogens is 340 g/mol. The van der Waals surface area contributed by atoms with Crippen molar-refractivity contribution in [2.75, 3.05) is 39.3 Å². The molecule has 0 atom stereocenters. The predicted molar refractivity (Wildman–Crippen MR) is 96.0 cm³/mol. The van der Waals surface area contributed by atoms with E-state index >= 15 is 0 Å². The lowest BCUT2D eigenvalue weighted by atomic mass is 10.1. The van der Waals surface area contributed by atoms with Crippen molar-refractivity contribution in [3.63, 3.8) is 0 Å². The zero-order valence-corrected chi connectivity index (χ0v) is 15.5. The number of piperidine rings is 1. The molecular formula is C17H28N4O3S. The highest BCUT2D eigenvalue weighted by Crippen LogP contribution is 2.16. The Morgan fingerprint density at radius 1 is 1.08 bits per heavy atom. The Labute approximate surface area is 149 Å². The summed E-state index contributed by atoms with van der Waals surface area (Å²) in [5, 5.41) is 0. The van der Waals surface area contributed by atoms with Gasteiger partial charge in [0, 0.05) is 25.8 Å². The van der Waals surface area contributed by atoms with Crippen molar-refractivity contribution in [3.05, 3.63) is 18.0 Å². The third-order valence-electron chi connectivity index (χ3n) is 4.98. The summed E-state index contributed by atoms with van der Waals surface area (Å²) in [7, 11) is -3.57. The first-order valence-corrected chi connectivity index (χ1v) is 10.7. The van der Waals surface area contributed by atoms with E-state index in [0.29, 0.717) is 12.2 Å². The van der Waals surface area contributed by atoms with Gasteiger partial charge in [-0.1, -0.05) is 6.42 Å². The van der Waals surface area contributed by atoms with E-state index in [9.17, 15) is 13.2 Å². The lowest BCUT2D eigenvalue weighted by Crippen LogP contribution is -2.33. The van der Waals surface area contributed by atoms with Gasteiger partial charge in [-0.05, 0) is 57.8 Å². The van der Waals surface area contributed by atoms with Crippen molar-refractivity contribution in [2.24, 2.45) is 0 Å². The van der Waals surface area contributed by atoms with Gasteiger partial charge in [-0.3, -0.25) is 4.79 Å². The monoisotopic (exact) mass is 368 g/mol. The summed E-state index contributed by atoms with van der Waals surface area (Å²) in [6.07, 6.45) is 7.99. The molecule has 0 radical (unpaired) electrons. The molecule has 0 aromatic carbocycles. The number of nitrogens with one attached hydrogen (secondary N) is 2.